The van der Waals surface area contributed by atoms with Crippen LogP contribution < -0.4 is 0 Å². The fourth-order valence-corrected chi connectivity index (χ4v) is 2.45. The van der Waals surface area contributed by atoms with Crippen molar-refractivity contribution in [3.8, 4) is 22.8 Å². The highest BCUT2D eigenvalue weighted by atomic mass is 19.4. The molecule has 0 aliphatic rings. The quantitative estimate of drug-likeness (QED) is 0.583. The minimum Gasteiger partial charge on any atom is -0.338 e. The first-order valence-electron chi connectivity index (χ1n) is 7.04. The van der Waals surface area contributed by atoms with Crippen LogP contribution in [0.25, 0.3) is 33.8 Å². The fourth-order valence-electron chi connectivity index (χ4n) is 2.45. The highest BCUT2D eigenvalue weighted by molar-refractivity contribution is 5.80. The molecule has 2 heterocycles. The van der Waals surface area contributed by atoms with Crippen LogP contribution in [0.2, 0.25) is 0 Å². The Bertz CT molecular complexity index is 985. The normalized spacial score (nSPS) is 12.0. The maximum atomic E-state index is 12.8. The summed E-state index contributed by atoms with van der Waals surface area (Å²) in [5.74, 6) is 1.15. The van der Waals surface area contributed by atoms with Crippen molar-refractivity contribution in [2.75, 3.05) is 0 Å². The van der Waals surface area contributed by atoms with Crippen LogP contribution in [0.3, 0.4) is 0 Å². The first kappa shape index (κ1) is 14.4. The zero-order chi connectivity index (χ0) is 16.7. The Hall–Kier alpha value is -3.16. The lowest BCUT2D eigenvalue weighted by atomic mass is 10.1. The lowest BCUT2D eigenvalue weighted by Gasteiger charge is -2.05. The number of halogens is 3. The summed E-state index contributed by atoms with van der Waals surface area (Å²) in [6, 6.07) is 10.8. The summed E-state index contributed by atoms with van der Waals surface area (Å²) in [5, 5.41) is 6.55. The van der Waals surface area contributed by atoms with Gasteiger partial charge in [-0.25, -0.2) is 9.97 Å². The zero-order valence-electron chi connectivity index (χ0n) is 12.1. The van der Waals surface area contributed by atoms with Gasteiger partial charge >= 0.3 is 6.18 Å². The fraction of sp³-hybridized carbons (Fsp3) is 0.0625. The molecule has 5 nitrogen and oxygen atoms in total. The summed E-state index contributed by atoms with van der Waals surface area (Å²) < 4.78 is 38.3. The standard InChI is InChI=1S/C16H10F3N5/c17-16(18,19)11-5-6-12-13(7-11)23-15(22-12)10-3-1-9(2-4-10)14-20-8-21-24-14/h1-8H,(H,22,23)(H,20,21,24). The number of imidazole rings is 1. The maximum Gasteiger partial charge on any atom is 0.416 e. The second-order valence-corrected chi connectivity index (χ2v) is 5.23. The Morgan fingerprint density at radius 1 is 0.875 bits per heavy atom. The van der Waals surface area contributed by atoms with Crippen LogP contribution >= 0.6 is 0 Å². The average Bonchev–Trinajstić information content (AvgIpc) is 3.23. The van der Waals surface area contributed by atoms with Crippen LogP contribution in [0.15, 0.2) is 48.8 Å². The molecule has 120 valence electrons. The average molecular weight is 329 g/mol. The van der Waals surface area contributed by atoms with Gasteiger partial charge in [-0.1, -0.05) is 24.3 Å². The molecule has 4 aromatic rings. The van der Waals surface area contributed by atoms with Crippen molar-refractivity contribution >= 4 is 11.0 Å². The number of benzene rings is 2. The number of alkyl halides is 3. The molecule has 2 aromatic heterocycles. The van der Waals surface area contributed by atoms with Gasteiger partial charge in [-0.05, 0) is 18.2 Å². The van der Waals surface area contributed by atoms with Crippen molar-refractivity contribution in [2.45, 2.75) is 6.18 Å². The third-order valence-corrected chi connectivity index (χ3v) is 3.66. The molecule has 4 rings (SSSR count). The van der Waals surface area contributed by atoms with Crippen LogP contribution in [0.1, 0.15) is 5.56 Å². The Morgan fingerprint density at radius 3 is 2.21 bits per heavy atom. The van der Waals surface area contributed by atoms with Gasteiger partial charge in [0.2, 0.25) is 0 Å². The molecule has 0 atom stereocenters. The topological polar surface area (TPSA) is 70.2 Å². The van der Waals surface area contributed by atoms with Crippen LogP contribution in [0.5, 0.6) is 0 Å². The molecule has 2 N–H and O–H groups in total. The Balaban J connectivity index is 1.71. The lowest BCUT2D eigenvalue weighted by molar-refractivity contribution is -0.137. The summed E-state index contributed by atoms with van der Waals surface area (Å²) in [6.45, 7) is 0. The second-order valence-electron chi connectivity index (χ2n) is 5.23. The smallest absolute Gasteiger partial charge is 0.338 e. The summed E-state index contributed by atoms with van der Waals surface area (Å²) in [5.41, 5.74) is 1.75. The van der Waals surface area contributed by atoms with Crippen molar-refractivity contribution in [3.63, 3.8) is 0 Å². The summed E-state index contributed by atoms with van der Waals surface area (Å²) >= 11 is 0. The lowest BCUT2D eigenvalue weighted by Crippen LogP contribution is -2.04. The Labute approximate surface area is 133 Å². The molecule has 0 aliphatic heterocycles. The first-order valence-corrected chi connectivity index (χ1v) is 7.04. The van der Waals surface area contributed by atoms with Gasteiger partial charge in [0.15, 0.2) is 5.82 Å². The van der Waals surface area contributed by atoms with E-state index in [1.54, 1.807) is 0 Å². The molecule has 2 aromatic carbocycles. The van der Waals surface area contributed by atoms with Gasteiger partial charge in [-0.2, -0.15) is 18.3 Å². The molecular weight excluding hydrogens is 319 g/mol. The summed E-state index contributed by atoms with van der Waals surface area (Å²) in [7, 11) is 0. The second kappa shape index (κ2) is 5.19. The SMILES string of the molecule is FC(F)(F)c1ccc2nc(-c3ccc(-c4ncn[nH]4)cc3)[nH]c2c1. The maximum absolute atomic E-state index is 12.8. The molecule has 0 unspecified atom stereocenters. The first-order chi connectivity index (χ1) is 11.5. The highest BCUT2D eigenvalue weighted by Crippen LogP contribution is 2.31. The van der Waals surface area contributed by atoms with Gasteiger partial charge in [-0.3, -0.25) is 5.10 Å². The third kappa shape index (κ3) is 2.51. The molecule has 0 spiro atoms. The molecule has 0 bridgehead atoms. The number of aromatic amines is 2. The predicted molar refractivity (Wildman–Crippen MR) is 81.9 cm³/mol. The van der Waals surface area contributed by atoms with E-state index >= 15 is 0 Å². The van der Waals surface area contributed by atoms with E-state index in [1.807, 2.05) is 24.3 Å². The third-order valence-electron chi connectivity index (χ3n) is 3.66. The Kier molecular flexibility index (Phi) is 3.12. The molecule has 0 fully saturated rings. The van der Waals surface area contributed by atoms with E-state index in [0.717, 1.165) is 23.3 Å². The van der Waals surface area contributed by atoms with Crippen molar-refractivity contribution in [1.82, 2.24) is 25.1 Å². The van der Waals surface area contributed by atoms with E-state index in [-0.39, 0.29) is 0 Å². The minimum atomic E-state index is -4.38. The Morgan fingerprint density at radius 2 is 1.58 bits per heavy atom. The van der Waals surface area contributed by atoms with Crippen LogP contribution in [-0.4, -0.2) is 25.1 Å². The predicted octanol–water partition coefficient (Wildman–Crippen LogP) is 4.03. The number of aromatic nitrogens is 5. The monoisotopic (exact) mass is 329 g/mol. The van der Waals surface area contributed by atoms with Crippen molar-refractivity contribution in [3.05, 3.63) is 54.4 Å². The van der Waals surface area contributed by atoms with Gasteiger partial charge in [0.25, 0.3) is 0 Å². The highest BCUT2D eigenvalue weighted by Gasteiger charge is 2.30. The van der Waals surface area contributed by atoms with Gasteiger partial charge in [-0.15, -0.1) is 0 Å². The van der Waals surface area contributed by atoms with Crippen molar-refractivity contribution in [2.24, 2.45) is 0 Å². The van der Waals surface area contributed by atoms with Gasteiger partial charge in [0.05, 0.1) is 16.6 Å². The van der Waals surface area contributed by atoms with E-state index in [2.05, 4.69) is 25.1 Å². The molecule has 0 radical (unpaired) electrons. The van der Waals surface area contributed by atoms with Crippen LogP contribution in [-0.2, 0) is 6.18 Å². The van der Waals surface area contributed by atoms with Gasteiger partial charge in [0, 0.05) is 11.1 Å². The van der Waals surface area contributed by atoms with Gasteiger partial charge in [0.1, 0.15) is 12.2 Å². The number of hydrogen-bond donors (Lipinski definition) is 2. The number of nitrogens with zero attached hydrogens (tertiary/aromatic N) is 3. The molecule has 0 saturated heterocycles. The van der Waals surface area contributed by atoms with E-state index in [9.17, 15) is 13.2 Å². The minimum absolute atomic E-state index is 0.346. The van der Waals surface area contributed by atoms with Crippen molar-refractivity contribution in [1.29, 1.82) is 0 Å². The summed E-state index contributed by atoms with van der Waals surface area (Å²) in [6.07, 6.45) is -2.96. The molecule has 8 heteroatoms. The van der Waals surface area contributed by atoms with Crippen molar-refractivity contribution < 1.29 is 13.2 Å². The molecule has 0 amide bonds. The molecule has 0 saturated carbocycles. The largest absolute Gasteiger partial charge is 0.416 e. The zero-order valence-corrected chi connectivity index (χ0v) is 12.1. The van der Waals surface area contributed by atoms with Crippen LogP contribution in [0.4, 0.5) is 13.2 Å². The van der Waals surface area contributed by atoms with Crippen LogP contribution in [0, 0.1) is 0 Å². The summed E-state index contributed by atoms with van der Waals surface area (Å²) in [4.78, 5) is 11.3. The van der Waals surface area contributed by atoms with E-state index in [4.69, 9.17) is 0 Å². The van der Waals surface area contributed by atoms with E-state index in [1.165, 1.54) is 12.4 Å². The van der Waals surface area contributed by atoms with E-state index < -0.39 is 11.7 Å². The number of fused-ring (bicyclic) bond motifs is 1. The molecule has 0 aliphatic carbocycles. The number of nitrogens with one attached hydrogen (secondary N) is 2. The molecule has 24 heavy (non-hydrogen) atoms. The van der Waals surface area contributed by atoms with E-state index in [0.29, 0.717) is 22.7 Å². The van der Waals surface area contributed by atoms with Gasteiger partial charge < -0.3 is 4.98 Å². The number of H-pyrrole nitrogens is 2. The molecular formula is C16H10F3N5. The number of rotatable bonds is 2. The number of hydrogen-bond acceptors (Lipinski definition) is 3.